The van der Waals surface area contributed by atoms with E-state index in [9.17, 15) is 13.2 Å². The molecule has 33 heavy (non-hydrogen) atoms. The van der Waals surface area contributed by atoms with Crippen molar-refractivity contribution >= 4 is 21.6 Å². The number of urea groups is 1. The zero-order valence-corrected chi connectivity index (χ0v) is 19.0. The van der Waals surface area contributed by atoms with Crippen molar-refractivity contribution in [2.45, 2.75) is 11.3 Å². The summed E-state index contributed by atoms with van der Waals surface area (Å²) in [5.41, 5.74) is 0.683. The van der Waals surface area contributed by atoms with Crippen molar-refractivity contribution in [3.8, 4) is 17.2 Å². The molecule has 1 saturated heterocycles. The molecule has 0 aliphatic carbocycles. The molecule has 4 rings (SSSR count). The van der Waals surface area contributed by atoms with E-state index in [1.54, 1.807) is 47.6 Å². The Balaban J connectivity index is 1.20. The molecule has 2 aromatic carbocycles. The van der Waals surface area contributed by atoms with Gasteiger partial charge in [-0.1, -0.05) is 6.07 Å². The van der Waals surface area contributed by atoms with Gasteiger partial charge in [-0.3, -0.25) is 4.98 Å². The number of hydrogen-bond acceptors (Lipinski definition) is 6. The van der Waals surface area contributed by atoms with Gasteiger partial charge in [0.05, 0.1) is 23.4 Å². The Labute approximate surface area is 193 Å². The molecule has 9 heteroatoms. The third-order valence-corrected chi connectivity index (χ3v) is 6.37. The second-order valence-corrected chi connectivity index (χ2v) is 9.92. The van der Waals surface area contributed by atoms with E-state index in [-0.39, 0.29) is 10.9 Å². The molecule has 2 heterocycles. The average molecular weight is 468 g/mol. The van der Waals surface area contributed by atoms with E-state index < -0.39 is 9.84 Å². The SMILES string of the molecule is CS(=O)(=O)c1ccc(Oc2cccc(OCCC3CN(C(=O)Nc4cccnc4)C3)c2)cc1. The first-order chi connectivity index (χ1) is 15.9. The highest BCUT2D eigenvalue weighted by atomic mass is 32.2. The van der Waals surface area contributed by atoms with Crippen LogP contribution in [0.25, 0.3) is 0 Å². The summed E-state index contributed by atoms with van der Waals surface area (Å²) in [4.78, 5) is 18.2. The van der Waals surface area contributed by atoms with E-state index in [1.807, 2.05) is 18.2 Å². The van der Waals surface area contributed by atoms with Gasteiger partial charge < -0.3 is 19.7 Å². The van der Waals surface area contributed by atoms with E-state index in [2.05, 4.69) is 10.3 Å². The number of nitrogens with zero attached hydrogens (tertiary/aromatic N) is 2. The molecular weight excluding hydrogens is 442 g/mol. The molecule has 0 atom stereocenters. The number of nitrogens with one attached hydrogen (secondary N) is 1. The fourth-order valence-electron chi connectivity index (χ4n) is 3.42. The normalized spacial score (nSPS) is 13.8. The second-order valence-electron chi connectivity index (χ2n) is 7.90. The molecule has 1 N–H and O–H groups in total. The van der Waals surface area contributed by atoms with Crippen molar-refractivity contribution in [2.24, 2.45) is 5.92 Å². The van der Waals surface area contributed by atoms with Gasteiger partial charge in [-0.2, -0.15) is 0 Å². The van der Waals surface area contributed by atoms with E-state index >= 15 is 0 Å². The van der Waals surface area contributed by atoms with Crippen LogP contribution < -0.4 is 14.8 Å². The lowest BCUT2D eigenvalue weighted by Crippen LogP contribution is -2.52. The zero-order chi connectivity index (χ0) is 23.3. The third kappa shape index (κ3) is 6.23. The van der Waals surface area contributed by atoms with Crippen molar-refractivity contribution in [2.75, 3.05) is 31.3 Å². The molecule has 3 aromatic rings. The predicted molar refractivity (Wildman–Crippen MR) is 124 cm³/mol. The van der Waals surface area contributed by atoms with Crippen molar-refractivity contribution < 1.29 is 22.7 Å². The molecule has 0 unspecified atom stereocenters. The second kappa shape index (κ2) is 9.91. The van der Waals surface area contributed by atoms with Crippen molar-refractivity contribution in [3.63, 3.8) is 0 Å². The molecular formula is C24H25N3O5S. The number of pyridine rings is 1. The quantitative estimate of drug-likeness (QED) is 0.533. The highest BCUT2D eigenvalue weighted by Crippen LogP contribution is 2.27. The van der Waals surface area contributed by atoms with Gasteiger partial charge in [0.15, 0.2) is 9.84 Å². The Morgan fingerprint density at radius 3 is 2.52 bits per heavy atom. The van der Waals surface area contributed by atoms with Crippen molar-refractivity contribution in [1.29, 1.82) is 0 Å². The Morgan fingerprint density at radius 2 is 1.82 bits per heavy atom. The average Bonchev–Trinajstić information content (AvgIpc) is 2.76. The van der Waals surface area contributed by atoms with E-state index in [0.29, 0.717) is 48.6 Å². The lowest BCUT2D eigenvalue weighted by atomic mass is 9.97. The number of carbonyl (C=O) groups excluding carboxylic acids is 1. The number of ether oxygens (including phenoxy) is 2. The van der Waals surface area contributed by atoms with Crippen LogP contribution >= 0.6 is 0 Å². The number of benzene rings is 2. The van der Waals surface area contributed by atoms with Crippen LogP contribution in [0.1, 0.15) is 6.42 Å². The molecule has 8 nitrogen and oxygen atoms in total. The zero-order valence-electron chi connectivity index (χ0n) is 18.2. The van der Waals surface area contributed by atoms with Gasteiger partial charge in [0.2, 0.25) is 0 Å². The topological polar surface area (TPSA) is 97.8 Å². The number of aromatic nitrogens is 1. The lowest BCUT2D eigenvalue weighted by molar-refractivity contribution is 0.113. The number of rotatable bonds is 8. The van der Waals surface area contributed by atoms with E-state index in [1.165, 1.54) is 18.4 Å². The maximum Gasteiger partial charge on any atom is 0.321 e. The van der Waals surface area contributed by atoms with Crippen LogP contribution in [0.3, 0.4) is 0 Å². The molecule has 172 valence electrons. The van der Waals surface area contributed by atoms with Gasteiger partial charge in [-0.25, -0.2) is 13.2 Å². The Kier molecular flexibility index (Phi) is 6.79. The summed E-state index contributed by atoms with van der Waals surface area (Å²) in [6.07, 6.45) is 5.29. The van der Waals surface area contributed by atoms with Crippen LogP contribution in [-0.2, 0) is 9.84 Å². The van der Waals surface area contributed by atoms with Crippen LogP contribution in [0.4, 0.5) is 10.5 Å². The first-order valence-corrected chi connectivity index (χ1v) is 12.4. The van der Waals surface area contributed by atoms with Crippen molar-refractivity contribution in [1.82, 2.24) is 9.88 Å². The Hall–Kier alpha value is -3.59. The minimum atomic E-state index is -3.24. The summed E-state index contributed by atoms with van der Waals surface area (Å²) in [6, 6.07) is 17.0. The van der Waals surface area contributed by atoms with Crippen LogP contribution in [0.15, 0.2) is 78.0 Å². The summed E-state index contributed by atoms with van der Waals surface area (Å²) < 4.78 is 34.8. The highest BCUT2D eigenvalue weighted by molar-refractivity contribution is 7.90. The molecule has 1 aliphatic rings. The lowest BCUT2D eigenvalue weighted by Gasteiger charge is -2.39. The molecule has 1 aromatic heterocycles. The maximum atomic E-state index is 12.2. The largest absolute Gasteiger partial charge is 0.493 e. The molecule has 1 fully saturated rings. The van der Waals surface area contributed by atoms with E-state index in [0.717, 1.165) is 6.42 Å². The number of amides is 2. The van der Waals surface area contributed by atoms with Gasteiger partial charge in [0.1, 0.15) is 17.2 Å². The number of carbonyl (C=O) groups is 1. The molecule has 2 amide bonds. The molecule has 0 radical (unpaired) electrons. The van der Waals surface area contributed by atoms with Gasteiger partial charge in [-0.05, 0) is 60.9 Å². The highest BCUT2D eigenvalue weighted by Gasteiger charge is 2.30. The first-order valence-electron chi connectivity index (χ1n) is 10.5. The van der Waals surface area contributed by atoms with Gasteiger partial charge in [0, 0.05) is 31.6 Å². The van der Waals surface area contributed by atoms with Crippen LogP contribution in [-0.4, -0.2) is 50.3 Å². The van der Waals surface area contributed by atoms with E-state index in [4.69, 9.17) is 9.47 Å². The summed E-state index contributed by atoms with van der Waals surface area (Å²) in [7, 11) is -3.24. The fraction of sp³-hybridized carbons (Fsp3) is 0.250. The van der Waals surface area contributed by atoms with Crippen LogP contribution in [0.2, 0.25) is 0 Å². The van der Waals surface area contributed by atoms with Crippen molar-refractivity contribution in [3.05, 3.63) is 73.1 Å². The number of sulfone groups is 1. The van der Waals surface area contributed by atoms with Gasteiger partial charge >= 0.3 is 6.03 Å². The monoisotopic (exact) mass is 467 g/mol. The first kappa shape index (κ1) is 22.6. The Morgan fingerprint density at radius 1 is 1.06 bits per heavy atom. The summed E-state index contributed by atoms with van der Waals surface area (Å²) in [5, 5.41) is 2.83. The number of anilines is 1. The predicted octanol–water partition coefficient (Wildman–Crippen LogP) is 4.21. The van der Waals surface area contributed by atoms with Gasteiger partial charge in [0.25, 0.3) is 0 Å². The summed E-state index contributed by atoms with van der Waals surface area (Å²) in [5.74, 6) is 2.23. The maximum absolute atomic E-state index is 12.2. The number of likely N-dealkylation sites (tertiary alicyclic amines) is 1. The smallest absolute Gasteiger partial charge is 0.321 e. The van der Waals surface area contributed by atoms with Crippen LogP contribution in [0, 0.1) is 5.92 Å². The molecule has 0 saturated carbocycles. The Bertz CT molecular complexity index is 1190. The number of hydrogen-bond donors (Lipinski definition) is 1. The fourth-order valence-corrected chi connectivity index (χ4v) is 4.05. The summed E-state index contributed by atoms with van der Waals surface area (Å²) in [6.45, 7) is 1.93. The minimum Gasteiger partial charge on any atom is -0.493 e. The standard InChI is InChI=1S/C24H25N3O5S/c1-33(29,30)23-9-7-20(8-10-23)32-22-6-2-5-21(14-22)31-13-11-18-16-27(17-18)24(28)26-19-4-3-12-25-15-19/h2-10,12,14-15,18H,11,13,16-17H2,1H3,(H,26,28). The molecule has 0 bridgehead atoms. The summed E-state index contributed by atoms with van der Waals surface area (Å²) >= 11 is 0. The molecule has 0 spiro atoms. The minimum absolute atomic E-state index is 0.116. The molecule has 1 aliphatic heterocycles. The third-order valence-electron chi connectivity index (χ3n) is 5.25. The van der Waals surface area contributed by atoms with Crippen LogP contribution in [0.5, 0.6) is 17.2 Å². The van der Waals surface area contributed by atoms with Gasteiger partial charge in [-0.15, -0.1) is 0 Å².